The predicted octanol–water partition coefficient (Wildman–Crippen LogP) is 4.57. The highest BCUT2D eigenvalue weighted by molar-refractivity contribution is 7.07. The highest BCUT2D eigenvalue weighted by atomic mass is 32.1. The third kappa shape index (κ3) is 2.85. The average Bonchev–Trinajstić information content (AvgIpc) is 3.24. The number of aromatic carboxylic acids is 1. The lowest BCUT2D eigenvalue weighted by Crippen LogP contribution is -2.32. The van der Waals surface area contributed by atoms with Gasteiger partial charge in [0.1, 0.15) is 5.58 Å². The van der Waals surface area contributed by atoms with Crippen molar-refractivity contribution in [1.29, 1.82) is 0 Å². The first-order valence-corrected chi connectivity index (χ1v) is 9.15. The molecule has 0 unspecified atom stereocenters. The number of hydrogen-bond donors (Lipinski definition) is 1. The van der Waals surface area contributed by atoms with Crippen LogP contribution in [-0.4, -0.2) is 29.1 Å². The van der Waals surface area contributed by atoms with E-state index < -0.39 is 5.97 Å². The van der Waals surface area contributed by atoms with Crippen LogP contribution in [0.2, 0.25) is 0 Å². The summed E-state index contributed by atoms with van der Waals surface area (Å²) in [4.78, 5) is 13.9. The summed E-state index contributed by atoms with van der Waals surface area (Å²) in [6, 6.07) is 9.78. The smallest absolute Gasteiger partial charge is 0.372 e. The summed E-state index contributed by atoms with van der Waals surface area (Å²) in [7, 11) is 0. The van der Waals surface area contributed by atoms with Gasteiger partial charge in [-0.25, -0.2) is 4.79 Å². The van der Waals surface area contributed by atoms with Crippen LogP contribution in [0.5, 0.6) is 0 Å². The molecular formula is C19H19NO3S. The van der Waals surface area contributed by atoms with E-state index in [-0.39, 0.29) is 5.76 Å². The maximum absolute atomic E-state index is 11.5. The fourth-order valence-corrected chi connectivity index (χ4v) is 4.33. The molecule has 0 aliphatic carbocycles. The Labute approximate surface area is 144 Å². The van der Waals surface area contributed by atoms with Crippen molar-refractivity contribution in [2.45, 2.75) is 25.3 Å². The summed E-state index contributed by atoms with van der Waals surface area (Å²) in [5, 5.41) is 14.7. The molecule has 2 aromatic heterocycles. The van der Waals surface area contributed by atoms with Gasteiger partial charge in [-0.15, -0.1) is 0 Å². The molecule has 5 heteroatoms. The molecule has 4 nitrogen and oxygen atoms in total. The monoisotopic (exact) mass is 341 g/mol. The first-order chi connectivity index (χ1) is 11.7. The topological polar surface area (TPSA) is 53.7 Å². The fourth-order valence-electron chi connectivity index (χ4n) is 3.58. The number of benzene rings is 1. The number of carboxylic acid groups (broad SMARTS) is 1. The van der Waals surface area contributed by atoms with Crippen molar-refractivity contribution in [3.05, 3.63) is 58.0 Å². The Kier molecular flexibility index (Phi) is 4.12. The largest absolute Gasteiger partial charge is 0.475 e. The van der Waals surface area contributed by atoms with Gasteiger partial charge in [0.05, 0.1) is 0 Å². The van der Waals surface area contributed by atoms with Gasteiger partial charge < -0.3 is 9.52 Å². The Morgan fingerprint density at radius 3 is 2.75 bits per heavy atom. The third-order valence-electron chi connectivity index (χ3n) is 4.88. The van der Waals surface area contributed by atoms with Gasteiger partial charge in [-0.2, -0.15) is 11.3 Å². The number of carboxylic acids is 1. The normalized spacial score (nSPS) is 16.7. The molecule has 1 aliphatic heterocycles. The lowest BCUT2D eigenvalue weighted by molar-refractivity contribution is 0.0661. The highest BCUT2D eigenvalue weighted by Crippen LogP contribution is 2.32. The molecule has 24 heavy (non-hydrogen) atoms. The number of para-hydroxylation sites is 1. The van der Waals surface area contributed by atoms with Crippen LogP contribution in [0.15, 0.2) is 45.5 Å². The Bertz CT molecular complexity index is 845. The van der Waals surface area contributed by atoms with E-state index >= 15 is 0 Å². The molecule has 3 heterocycles. The van der Waals surface area contributed by atoms with Gasteiger partial charge >= 0.3 is 5.97 Å². The molecule has 1 N–H and O–H groups in total. The minimum atomic E-state index is -0.991. The summed E-state index contributed by atoms with van der Waals surface area (Å²) in [5.41, 5.74) is 2.89. The average molecular weight is 341 g/mol. The molecule has 3 aromatic rings. The minimum Gasteiger partial charge on any atom is -0.475 e. The Balaban J connectivity index is 1.53. The molecule has 1 aromatic carbocycles. The Morgan fingerprint density at radius 2 is 2.04 bits per heavy atom. The summed E-state index contributed by atoms with van der Waals surface area (Å²) < 4.78 is 5.56. The van der Waals surface area contributed by atoms with Gasteiger partial charge in [0.2, 0.25) is 5.76 Å². The number of rotatable bonds is 4. The van der Waals surface area contributed by atoms with Gasteiger partial charge in [-0.1, -0.05) is 18.2 Å². The Morgan fingerprint density at radius 1 is 1.25 bits per heavy atom. The quantitative estimate of drug-likeness (QED) is 0.755. The second-order valence-electron chi connectivity index (χ2n) is 6.32. The van der Waals surface area contributed by atoms with Gasteiger partial charge in [0, 0.05) is 17.5 Å². The summed E-state index contributed by atoms with van der Waals surface area (Å²) in [6.07, 6.45) is 2.24. The highest BCUT2D eigenvalue weighted by Gasteiger charge is 2.25. The number of fused-ring (bicyclic) bond motifs is 1. The summed E-state index contributed by atoms with van der Waals surface area (Å²) in [6.45, 7) is 2.60. The molecular weight excluding hydrogens is 322 g/mol. The van der Waals surface area contributed by atoms with Gasteiger partial charge in [-0.05, 0) is 60.3 Å². The van der Waals surface area contributed by atoms with Crippen LogP contribution in [0.4, 0.5) is 0 Å². The van der Waals surface area contributed by atoms with E-state index in [2.05, 4.69) is 21.7 Å². The molecule has 1 aliphatic rings. The van der Waals surface area contributed by atoms with Crippen LogP contribution in [0.25, 0.3) is 11.0 Å². The first-order valence-electron chi connectivity index (χ1n) is 8.20. The van der Waals surface area contributed by atoms with Crippen molar-refractivity contribution in [2.24, 2.45) is 0 Å². The number of nitrogens with zero attached hydrogens (tertiary/aromatic N) is 1. The zero-order chi connectivity index (χ0) is 16.5. The third-order valence-corrected chi connectivity index (χ3v) is 5.58. The fraction of sp³-hybridized carbons (Fsp3) is 0.316. The molecule has 0 radical (unpaired) electrons. The van der Waals surface area contributed by atoms with E-state index in [4.69, 9.17) is 4.42 Å². The van der Waals surface area contributed by atoms with Crippen LogP contribution >= 0.6 is 11.3 Å². The minimum absolute atomic E-state index is 0.0798. The number of thiophene rings is 1. The SMILES string of the molecule is O=C(O)c1oc2ccccc2c1CN1CCC(c2ccsc2)CC1. The molecule has 0 spiro atoms. The number of piperidine rings is 1. The van der Waals surface area contributed by atoms with E-state index in [1.54, 1.807) is 11.3 Å². The number of furan rings is 1. The van der Waals surface area contributed by atoms with Crippen molar-refractivity contribution in [1.82, 2.24) is 4.90 Å². The molecule has 4 rings (SSSR count). The lowest BCUT2D eigenvalue weighted by Gasteiger charge is -2.31. The standard InChI is InChI=1S/C19H19NO3S/c21-19(22)18-16(15-3-1-2-4-17(15)23-18)11-20-8-5-13(6-9-20)14-7-10-24-12-14/h1-4,7,10,12-13H,5-6,8-9,11H2,(H,21,22). The molecule has 0 bridgehead atoms. The molecule has 1 fully saturated rings. The van der Waals surface area contributed by atoms with E-state index in [0.29, 0.717) is 18.0 Å². The zero-order valence-electron chi connectivity index (χ0n) is 13.3. The summed E-state index contributed by atoms with van der Waals surface area (Å²) in [5.74, 6) is -0.280. The van der Waals surface area contributed by atoms with Gasteiger partial charge in [0.15, 0.2) is 0 Å². The van der Waals surface area contributed by atoms with Crippen molar-refractivity contribution >= 4 is 28.3 Å². The molecule has 124 valence electrons. The number of likely N-dealkylation sites (tertiary alicyclic amines) is 1. The lowest BCUT2D eigenvalue weighted by atomic mass is 9.91. The van der Waals surface area contributed by atoms with E-state index in [9.17, 15) is 9.90 Å². The van der Waals surface area contributed by atoms with Crippen molar-refractivity contribution in [2.75, 3.05) is 13.1 Å². The predicted molar refractivity (Wildman–Crippen MR) is 94.7 cm³/mol. The van der Waals surface area contributed by atoms with Crippen LogP contribution in [0, 0.1) is 0 Å². The maximum Gasteiger partial charge on any atom is 0.372 e. The van der Waals surface area contributed by atoms with Crippen LogP contribution in [0.3, 0.4) is 0 Å². The first kappa shape index (κ1) is 15.4. The number of hydrogen-bond acceptors (Lipinski definition) is 4. The van der Waals surface area contributed by atoms with Crippen LogP contribution in [-0.2, 0) is 6.54 Å². The molecule has 0 saturated carbocycles. The van der Waals surface area contributed by atoms with E-state index in [1.165, 1.54) is 5.56 Å². The maximum atomic E-state index is 11.5. The Hall–Kier alpha value is -2.11. The second-order valence-corrected chi connectivity index (χ2v) is 7.10. The second kappa shape index (κ2) is 6.42. The van der Waals surface area contributed by atoms with Crippen molar-refractivity contribution < 1.29 is 14.3 Å². The summed E-state index contributed by atoms with van der Waals surface area (Å²) >= 11 is 1.75. The van der Waals surface area contributed by atoms with E-state index in [1.807, 2.05) is 24.3 Å². The van der Waals surface area contributed by atoms with Crippen LogP contribution in [0.1, 0.15) is 40.4 Å². The van der Waals surface area contributed by atoms with E-state index in [0.717, 1.165) is 36.9 Å². The zero-order valence-corrected chi connectivity index (χ0v) is 14.1. The van der Waals surface area contributed by atoms with Gasteiger partial charge in [-0.3, -0.25) is 4.90 Å². The van der Waals surface area contributed by atoms with Crippen molar-refractivity contribution in [3.63, 3.8) is 0 Å². The molecule has 0 amide bonds. The molecule has 1 saturated heterocycles. The molecule has 0 atom stereocenters. The number of carbonyl (C=O) groups is 1. The van der Waals surface area contributed by atoms with Gasteiger partial charge in [0.25, 0.3) is 0 Å². The van der Waals surface area contributed by atoms with Crippen molar-refractivity contribution in [3.8, 4) is 0 Å². The van der Waals surface area contributed by atoms with Crippen LogP contribution < -0.4 is 0 Å².